The van der Waals surface area contributed by atoms with Crippen molar-refractivity contribution in [1.82, 2.24) is 5.32 Å². The van der Waals surface area contributed by atoms with Crippen LogP contribution in [0.1, 0.15) is 25.3 Å². The zero-order valence-electron chi connectivity index (χ0n) is 11.5. The van der Waals surface area contributed by atoms with E-state index in [0.717, 1.165) is 30.7 Å². The molecule has 0 fully saturated rings. The van der Waals surface area contributed by atoms with Crippen molar-refractivity contribution >= 4 is 11.6 Å². The number of benzene rings is 1. The first-order valence-electron chi connectivity index (χ1n) is 6.53. The Morgan fingerprint density at radius 3 is 2.79 bits per heavy atom. The lowest BCUT2D eigenvalue weighted by Gasteiger charge is -2.16. The van der Waals surface area contributed by atoms with E-state index < -0.39 is 0 Å². The quantitative estimate of drug-likeness (QED) is 0.686. The van der Waals surface area contributed by atoms with Gasteiger partial charge in [0.05, 0.1) is 13.7 Å². The summed E-state index contributed by atoms with van der Waals surface area (Å²) in [6, 6.07) is 3.63. The van der Waals surface area contributed by atoms with Gasteiger partial charge < -0.3 is 19.9 Å². The Kier molecular flexibility index (Phi) is 7.63. The molecule has 0 radical (unpaired) electrons. The Bertz CT molecular complexity index is 385. The summed E-state index contributed by atoms with van der Waals surface area (Å²) in [6.07, 6.45) is 1.66. The Labute approximate surface area is 119 Å². The van der Waals surface area contributed by atoms with Crippen molar-refractivity contribution in [3.05, 3.63) is 22.7 Å². The molecule has 2 N–H and O–H groups in total. The normalized spacial score (nSPS) is 10.5. The molecule has 0 amide bonds. The molecule has 0 bridgehead atoms. The number of hydrogen-bond acceptors (Lipinski definition) is 4. The molecule has 1 rings (SSSR count). The smallest absolute Gasteiger partial charge is 0.165 e. The molecule has 0 heterocycles. The maximum Gasteiger partial charge on any atom is 0.165 e. The van der Waals surface area contributed by atoms with Crippen molar-refractivity contribution < 1.29 is 14.6 Å². The maximum atomic E-state index is 8.75. The zero-order valence-corrected chi connectivity index (χ0v) is 12.3. The van der Waals surface area contributed by atoms with E-state index in [0.29, 0.717) is 23.9 Å². The van der Waals surface area contributed by atoms with E-state index in [1.807, 2.05) is 6.07 Å². The molecule has 0 aliphatic heterocycles. The van der Waals surface area contributed by atoms with Crippen LogP contribution in [-0.2, 0) is 6.54 Å². The van der Waals surface area contributed by atoms with Gasteiger partial charge in [-0.1, -0.05) is 18.5 Å². The number of rotatable bonds is 9. The van der Waals surface area contributed by atoms with Crippen molar-refractivity contribution in [1.29, 1.82) is 0 Å². The molecule has 19 heavy (non-hydrogen) atoms. The standard InChI is InChI=1S/C14H22ClNO3/c1-3-7-19-14-11(10-16-5-4-6-17)8-12(15)9-13(14)18-2/h8-9,16-17H,3-7,10H2,1-2H3. The van der Waals surface area contributed by atoms with Crippen molar-refractivity contribution in [2.45, 2.75) is 26.3 Å². The predicted molar refractivity (Wildman–Crippen MR) is 77.2 cm³/mol. The third-order valence-electron chi connectivity index (χ3n) is 2.59. The number of halogens is 1. The van der Waals surface area contributed by atoms with E-state index in [2.05, 4.69) is 12.2 Å². The number of methoxy groups -OCH3 is 1. The summed E-state index contributed by atoms with van der Waals surface area (Å²) in [6.45, 7) is 4.27. The summed E-state index contributed by atoms with van der Waals surface area (Å²) in [7, 11) is 1.60. The van der Waals surface area contributed by atoms with Gasteiger partial charge in [0.1, 0.15) is 0 Å². The Balaban J connectivity index is 2.82. The minimum absolute atomic E-state index is 0.186. The first-order valence-corrected chi connectivity index (χ1v) is 6.91. The van der Waals surface area contributed by atoms with Crippen LogP contribution in [0.3, 0.4) is 0 Å². The Morgan fingerprint density at radius 2 is 2.16 bits per heavy atom. The van der Waals surface area contributed by atoms with Gasteiger partial charge in [-0.2, -0.15) is 0 Å². The highest BCUT2D eigenvalue weighted by Gasteiger charge is 2.12. The second kappa shape index (κ2) is 9.02. The van der Waals surface area contributed by atoms with Gasteiger partial charge in [0.25, 0.3) is 0 Å². The van der Waals surface area contributed by atoms with Crippen molar-refractivity contribution in [2.24, 2.45) is 0 Å². The van der Waals surface area contributed by atoms with Crippen LogP contribution in [-0.4, -0.2) is 32.0 Å². The second-order valence-corrected chi connectivity index (χ2v) is 4.64. The summed E-state index contributed by atoms with van der Waals surface area (Å²) < 4.78 is 11.1. The van der Waals surface area contributed by atoms with Crippen LogP contribution in [0.25, 0.3) is 0 Å². The molecule has 0 saturated heterocycles. The zero-order chi connectivity index (χ0) is 14.1. The SMILES string of the molecule is CCCOc1c(CNCCCO)cc(Cl)cc1OC. The van der Waals surface area contributed by atoms with Gasteiger partial charge >= 0.3 is 0 Å². The fourth-order valence-corrected chi connectivity index (χ4v) is 1.93. The first-order chi connectivity index (χ1) is 9.22. The van der Waals surface area contributed by atoms with Crippen molar-refractivity contribution in [3.63, 3.8) is 0 Å². The first kappa shape index (κ1) is 16.1. The van der Waals surface area contributed by atoms with Crippen molar-refractivity contribution in [2.75, 3.05) is 26.9 Å². The molecule has 108 valence electrons. The molecule has 0 atom stereocenters. The average Bonchev–Trinajstić information content (AvgIpc) is 2.41. The van der Waals surface area contributed by atoms with Gasteiger partial charge in [-0.15, -0.1) is 0 Å². The van der Waals surface area contributed by atoms with Gasteiger partial charge in [-0.25, -0.2) is 0 Å². The summed E-state index contributed by atoms with van der Waals surface area (Å²) in [5.74, 6) is 1.39. The van der Waals surface area contributed by atoms with Crippen LogP contribution in [0.5, 0.6) is 11.5 Å². The minimum atomic E-state index is 0.186. The number of aliphatic hydroxyl groups is 1. The van der Waals surface area contributed by atoms with Crippen LogP contribution in [0.2, 0.25) is 5.02 Å². The molecule has 0 unspecified atom stereocenters. The lowest BCUT2D eigenvalue weighted by atomic mass is 10.1. The second-order valence-electron chi connectivity index (χ2n) is 4.20. The van der Waals surface area contributed by atoms with Crippen LogP contribution >= 0.6 is 11.6 Å². The number of hydrogen-bond donors (Lipinski definition) is 2. The Hall–Kier alpha value is -0.970. The molecular weight excluding hydrogens is 266 g/mol. The molecule has 0 aromatic heterocycles. The highest BCUT2D eigenvalue weighted by Crippen LogP contribution is 2.34. The summed E-state index contributed by atoms with van der Waals surface area (Å²) in [5.41, 5.74) is 0.968. The van der Waals surface area contributed by atoms with Crippen LogP contribution < -0.4 is 14.8 Å². The number of aliphatic hydroxyl groups excluding tert-OH is 1. The largest absolute Gasteiger partial charge is 0.493 e. The molecule has 0 saturated carbocycles. The maximum absolute atomic E-state index is 8.75. The minimum Gasteiger partial charge on any atom is -0.493 e. The third kappa shape index (κ3) is 5.27. The number of ether oxygens (including phenoxy) is 2. The molecule has 5 heteroatoms. The fraction of sp³-hybridized carbons (Fsp3) is 0.571. The predicted octanol–water partition coefficient (Wildman–Crippen LogP) is 2.61. The number of nitrogens with one attached hydrogen (secondary N) is 1. The van der Waals surface area contributed by atoms with E-state index >= 15 is 0 Å². The van der Waals surface area contributed by atoms with Gasteiger partial charge in [0, 0.05) is 29.8 Å². The van der Waals surface area contributed by atoms with Crippen molar-refractivity contribution in [3.8, 4) is 11.5 Å². The summed E-state index contributed by atoms with van der Waals surface area (Å²) in [4.78, 5) is 0. The van der Waals surface area contributed by atoms with Gasteiger partial charge in [-0.3, -0.25) is 0 Å². The topological polar surface area (TPSA) is 50.7 Å². The van der Waals surface area contributed by atoms with Crippen LogP contribution in [0, 0.1) is 0 Å². The van der Waals surface area contributed by atoms with E-state index in [4.69, 9.17) is 26.2 Å². The highest BCUT2D eigenvalue weighted by molar-refractivity contribution is 6.30. The average molecular weight is 288 g/mol. The van der Waals surface area contributed by atoms with Crippen LogP contribution in [0.15, 0.2) is 12.1 Å². The van der Waals surface area contributed by atoms with Gasteiger partial charge in [0.2, 0.25) is 0 Å². The molecule has 0 spiro atoms. The van der Waals surface area contributed by atoms with E-state index in [-0.39, 0.29) is 6.61 Å². The monoisotopic (exact) mass is 287 g/mol. The molecule has 1 aromatic carbocycles. The highest BCUT2D eigenvalue weighted by atomic mass is 35.5. The van der Waals surface area contributed by atoms with E-state index in [9.17, 15) is 0 Å². The lowest BCUT2D eigenvalue weighted by Crippen LogP contribution is -2.16. The molecular formula is C14H22ClNO3. The molecule has 1 aromatic rings. The fourth-order valence-electron chi connectivity index (χ4n) is 1.70. The molecule has 4 nitrogen and oxygen atoms in total. The molecule has 0 aliphatic carbocycles. The summed E-state index contributed by atoms with van der Waals surface area (Å²) >= 11 is 6.07. The van der Waals surface area contributed by atoms with Crippen LogP contribution in [0.4, 0.5) is 0 Å². The van der Waals surface area contributed by atoms with E-state index in [1.165, 1.54) is 0 Å². The molecule has 0 aliphatic rings. The third-order valence-corrected chi connectivity index (χ3v) is 2.81. The lowest BCUT2D eigenvalue weighted by molar-refractivity contribution is 0.283. The van der Waals surface area contributed by atoms with E-state index in [1.54, 1.807) is 13.2 Å². The van der Waals surface area contributed by atoms with Gasteiger partial charge in [-0.05, 0) is 25.5 Å². The Morgan fingerprint density at radius 1 is 1.37 bits per heavy atom. The van der Waals surface area contributed by atoms with Gasteiger partial charge in [0.15, 0.2) is 11.5 Å². The summed E-state index contributed by atoms with van der Waals surface area (Å²) in [5, 5.41) is 12.6.